The number of anilines is 2. The number of nitrogens with two attached hydrogens (primary N) is 1. The maximum absolute atomic E-state index is 12.3. The van der Waals surface area contributed by atoms with E-state index in [4.69, 9.17) is 5.73 Å². The second-order valence-electron chi connectivity index (χ2n) is 5.81. The van der Waals surface area contributed by atoms with Gasteiger partial charge in [-0.1, -0.05) is 30.6 Å². The molecule has 0 unspecified atom stereocenters. The molecule has 2 saturated carbocycles. The van der Waals surface area contributed by atoms with Crippen molar-refractivity contribution in [3.63, 3.8) is 0 Å². The van der Waals surface area contributed by atoms with E-state index in [9.17, 15) is 4.79 Å². The third kappa shape index (κ3) is 3.06. The monoisotopic (exact) mass is 294 g/mol. The standard InChI is InChI=1S/C14H22N4OS/c15-12-11(13(19)16-9-5-2-1-3-6-9)20-14(18-12)17-10-7-4-8-10/h9-10H,1-8,15H2,(H,16,19)(H,17,18). The summed E-state index contributed by atoms with van der Waals surface area (Å²) in [4.78, 5) is 17.1. The third-order valence-corrected chi connectivity index (χ3v) is 5.23. The number of carbonyl (C=O) groups excluding carboxylic acids is 1. The number of nitrogens with one attached hydrogen (secondary N) is 2. The van der Waals surface area contributed by atoms with Gasteiger partial charge < -0.3 is 16.4 Å². The van der Waals surface area contributed by atoms with Gasteiger partial charge in [0, 0.05) is 12.1 Å². The van der Waals surface area contributed by atoms with Gasteiger partial charge in [0.2, 0.25) is 0 Å². The molecule has 2 aliphatic carbocycles. The number of nitrogen functional groups attached to an aromatic ring is 1. The van der Waals surface area contributed by atoms with Crippen LogP contribution in [0.15, 0.2) is 0 Å². The van der Waals surface area contributed by atoms with Crippen LogP contribution < -0.4 is 16.4 Å². The molecule has 1 heterocycles. The molecule has 4 N–H and O–H groups in total. The van der Waals surface area contributed by atoms with Gasteiger partial charge >= 0.3 is 0 Å². The molecule has 0 saturated heterocycles. The molecule has 5 nitrogen and oxygen atoms in total. The van der Waals surface area contributed by atoms with Gasteiger partial charge in [-0.25, -0.2) is 4.98 Å². The van der Waals surface area contributed by atoms with E-state index < -0.39 is 0 Å². The van der Waals surface area contributed by atoms with E-state index in [0.29, 0.717) is 22.8 Å². The van der Waals surface area contributed by atoms with Crippen LogP contribution in [0.2, 0.25) is 0 Å². The van der Waals surface area contributed by atoms with Crippen molar-refractivity contribution in [3.05, 3.63) is 4.88 Å². The molecule has 2 aliphatic rings. The summed E-state index contributed by atoms with van der Waals surface area (Å²) >= 11 is 1.37. The Labute approximate surface area is 123 Å². The number of carbonyl (C=O) groups is 1. The van der Waals surface area contributed by atoms with Crippen LogP contribution in [0.25, 0.3) is 0 Å². The number of rotatable bonds is 4. The fourth-order valence-electron chi connectivity index (χ4n) is 2.78. The minimum absolute atomic E-state index is 0.0615. The molecule has 1 aromatic rings. The van der Waals surface area contributed by atoms with Crippen molar-refractivity contribution in [1.29, 1.82) is 0 Å². The Bertz CT molecular complexity index is 478. The van der Waals surface area contributed by atoms with Crippen LogP contribution in [0.4, 0.5) is 10.9 Å². The van der Waals surface area contributed by atoms with Gasteiger partial charge in [0.1, 0.15) is 10.7 Å². The van der Waals surface area contributed by atoms with Crippen molar-refractivity contribution in [2.45, 2.75) is 63.5 Å². The topological polar surface area (TPSA) is 80.0 Å². The van der Waals surface area contributed by atoms with Crippen LogP contribution >= 0.6 is 11.3 Å². The molecule has 2 fully saturated rings. The highest BCUT2D eigenvalue weighted by Gasteiger charge is 2.23. The van der Waals surface area contributed by atoms with E-state index in [-0.39, 0.29) is 5.91 Å². The molecule has 1 amide bonds. The number of thiazole rings is 1. The van der Waals surface area contributed by atoms with E-state index >= 15 is 0 Å². The number of hydrogen-bond acceptors (Lipinski definition) is 5. The summed E-state index contributed by atoms with van der Waals surface area (Å²) in [6.07, 6.45) is 9.49. The summed E-state index contributed by atoms with van der Waals surface area (Å²) in [5.41, 5.74) is 5.88. The lowest BCUT2D eigenvalue weighted by Gasteiger charge is -2.25. The SMILES string of the molecule is Nc1nc(NC2CCC2)sc1C(=O)NC1CCCCC1. The van der Waals surface area contributed by atoms with Crippen LogP contribution in [0.3, 0.4) is 0 Å². The normalized spacial score (nSPS) is 20.4. The quantitative estimate of drug-likeness (QED) is 0.797. The highest BCUT2D eigenvalue weighted by Crippen LogP contribution is 2.29. The van der Waals surface area contributed by atoms with Crippen LogP contribution in [0.5, 0.6) is 0 Å². The van der Waals surface area contributed by atoms with Crippen molar-refractivity contribution in [1.82, 2.24) is 10.3 Å². The lowest BCUT2D eigenvalue weighted by Crippen LogP contribution is -2.36. The van der Waals surface area contributed by atoms with Crippen molar-refractivity contribution in [3.8, 4) is 0 Å². The van der Waals surface area contributed by atoms with Crippen LogP contribution in [0.1, 0.15) is 61.0 Å². The van der Waals surface area contributed by atoms with Gasteiger partial charge in [0.25, 0.3) is 5.91 Å². The second kappa shape index (κ2) is 5.99. The van der Waals surface area contributed by atoms with E-state index in [1.54, 1.807) is 0 Å². The second-order valence-corrected chi connectivity index (χ2v) is 6.81. The molecule has 0 atom stereocenters. The number of aromatic nitrogens is 1. The molecular formula is C14H22N4OS. The van der Waals surface area contributed by atoms with E-state index in [2.05, 4.69) is 15.6 Å². The molecule has 6 heteroatoms. The lowest BCUT2D eigenvalue weighted by atomic mass is 9.93. The van der Waals surface area contributed by atoms with Crippen LogP contribution in [-0.4, -0.2) is 23.0 Å². The van der Waals surface area contributed by atoms with E-state index in [1.807, 2.05) is 0 Å². The molecule has 0 bridgehead atoms. The lowest BCUT2D eigenvalue weighted by molar-refractivity contribution is 0.0932. The smallest absolute Gasteiger partial charge is 0.265 e. The van der Waals surface area contributed by atoms with Crippen molar-refractivity contribution < 1.29 is 4.79 Å². The van der Waals surface area contributed by atoms with Gasteiger partial charge in [-0.05, 0) is 32.1 Å². The average Bonchev–Trinajstić information content (AvgIpc) is 2.76. The highest BCUT2D eigenvalue weighted by atomic mass is 32.1. The molecule has 0 spiro atoms. The molecule has 110 valence electrons. The molecule has 0 aromatic carbocycles. The zero-order valence-electron chi connectivity index (χ0n) is 11.7. The van der Waals surface area contributed by atoms with Gasteiger partial charge in [0.05, 0.1) is 0 Å². The van der Waals surface area contributed by atoms with Gasteiger partial charge in [-0.2, -0.15) is 0 Å². The highest BCUT2D eigenvalue weighted by molar-refractivity contribution is 7.18. The van der Waals surface area contributed by atoms with E-state index in [1.165, 1.54) is 49.9 Å². The maximum Gasteiger partial charge on any atom is 0.265 e. The average molecular weight is 294 g/mol. The third-order valence-electron chi connectivity index (χ3n) is 4.23. The molecule has 0 aliphatic heterocycles. The number of hydrogen-bond donors (Lipinski definition) is 3. The van der Waals surface area contributed by atoms with Crippen LogP contribution in [-0.2, 0) is 0 Å². The summed E-state index contributed by atoms with van der Waals surface area (Å²) < 4.78 is 0. The first-order valence-corrected chi connectivity index (χ1v) is 8.38. The Morgan fingerprint density at radius 3 is 2.45 bits per heavy atom. The Hall–Kier alpha value is -1.30. The summed E-state index contributed by atoms with van der Waals surface area (Å²) in [5, 5.41) is 7.22. The molecule has 20 heavy (non-hydrogen) atoms. The van der Waals surface area contributed by atoms with Crippen molar-refractivity contribution in [2.24, 2.45) is 0 Å². The maximum atomic E-state index is 12.3. The molecule has 3 rings (SSSR count). The Morgan fingerprint density at radius 2 is 1.80 bits per heavy atom. The first-order valence-electron chi connectivity index (χ1n) is 7.56. The van der Waals surface area contributed by atoms with Crippen LogP contribution in [0, 0.1) is 0 Å². The molecule has 0 radical (unpaired) electrons. The predicted molar refractivity (Wildman–Crippen MR) is 82.1 cm³/mol. The molecule has 1 aromatic heterocycles. The van der Waals surface area contributed by atoms with Crippen molar-refractivity contribution >= 4 is 28.2 Å². The van der Waals surface area contributed by atoms with Crippen molar-refractivity contribution in [2.75, 3.05) is 11.1 Å². The first-order chi connectivity index (χ1) is 9.72. The Kier molecular flexibility index (Phi) is 4.10. The minimum Gasteiger partial charge on any atom is -0.382 e. The zero-order valence-corrected chi connectivity index (χ0v) is 12.5. The zero-order chi connectivity index (χ0) is 13.9. The number of nitrogens with zero attached hydrogens (tertiary/aromatic N) is 1. The first kappa shape index (κ1) is 13.7. The van der Waals surface area contributed by atoms with E-state index in [0.717, 1.165) is 18.0 Å². The summed E-state index contributed by atoms with van der Waals surface area (Å²) in [5.74, 6) is 0.290. The van der Waals surface area contributed by atoms with Gasteiger partial charge in [-0.15, -0.1) is 0 Å². The largest absolute Gasteiger partial charge is 0.382 e. The summed E-state index contributed by atoms with van der Waals surface area (Å²) in [6, 6.07) is 0.815. The Balaban J connectivity index is 1.61. The number of amides is 1. The van der Waals surface area contributed by atoms with Gasteiger partial charge in [0.15, 0.2) is 5.13 Å². The minimum atomic E-state index is -0.0615. The van der Waals surface area contributed by atoms with Gasteiger partial charge in [-0.3, -0.25) is 4.79 Å². The fraction of sp³-hybridized carbons (Fsp3) is 0.714. The fourth-order valence-corrected chi connectivity index (χ4v) is 3.65. The predicted octanol–water partition coefficient (Wildman–Crippen LogP) is 2.75. The summed E-state index contributed by atoms with van der Waals surface area (Å²) in [7, 11) is 0. The molecular weight excluding hydrogens is 272 g/mol. The Morgan fingerprint density at radius 1 is 1.10 bits per heavy atom. The summed E-state index contributed by atoms with van der Waals surface area (Å²) in [6.45, 7) is 0.